The van der Waals surface area contributed by atoms with Crippen molar-refractivity contribution in [1.29, 1.82) is 0 Å². The quantitative estimate of drug-likeness (QED) is 0.661. The van der Waals surface area contributed by atoms with Gasteiger partial charge in [0.05, 0.1) is 19.1 Å². The zero-order chi connectivity index (χ0) is 11.6. The summed E-state index contributed by atoms with van der Waals surface area (Å²) >= 11 is 0. The normalized spacial score (nSPS) is 20.0. The molecule has 1 aliphatic rings. The largest absolute Gasteiger partial charge is 0.289 e. The third-order valence-corrected chi connectivity index (χ3v) is 4.15. The summed E-state index contributed by atoms with van der Waals surface area (Å²) in [6, 6.07) is 9.88. The molecule has 1 heteroatoms. The van der Waals surface area contributed by atoms with E-state index in [1.54, 1.807) is 0 Å². The number of benzene rings is 1. The lowest BCUT2D eigenvalue weighted by molar-refractivity contribution is 0.186. The Hall–Kier alpha value is -0.820. The van der Waals surface area contributed by atoms with Gasteiger partial charge in [-0.25, -0.2) is 0 Å². The van der Waals surface area contributed by atoms with Gasteiger partial charge in [-0.2, -0.15) is 0 Å². The van der Waals surface area contributed by atoms with Crippen molar-refractivity contribution < 1.29 is 0 Å². The van der Waals surface area contributed by atoms with Crippen molar-refractivity contribution in [2.75, 3.05) is 13.1 Å². The fourth-order valence-corrected chi connectivity index (χ4v) is 2.99. The van der Waals surface area contributed by atoms with Crippen LogP contribution in [0.2, 0.25) is 0 Å². The highest BCUT2D eigenvalue weighted by molar-refractivity contribution is 5.45. The monoisotopic (exact) mass is 218 g/mol. The Labute approximate surface area is 99.7 Å². The van der Waals surface area contributed by atoms with Gasteiger partial charge >= 0.3 is 0 Å². The number of aryl methyl sites for hydroxylation is 1. The minimum atomic E-state index is 0.697. The minimum Gasteiger partial charge on any atom is -0.289 e. The van der Waals surface area contributed by atoms with Gasteiger partial charge in [-0.05, 0) is 52.2 Å². The summed E-state index contributed by atoms with van der Waals surface area (Å²) < 4.78 is 1.19. The van der Waals surface area contributed by atoms with Crippen LogP contribution in [-0.4, -0.2) is 19.1 Å². The number of hydrogen-bond acceptors (Lipinski definition) is 0. The fraction of sp³-hybridized carbons (Fsp3) is 0.600. The Morgan fingerprint density at radius 2 is 1.50 bits per heavy atom. The second-order valence-corrected chi connectivity index (χ2v) is 5.47. The predicted octanol–water partition coefficient (Wildman–Crippen LogP) is 3.89. The van der Waals surface area contributed by atoms with Crippen LogP contribution < -0.4 is 4.48 Å². The van der Waals surface area contributed by atoms with Crippen LogP contribution in [0.5, 0.6) is 0 Å². The third-order valence-electron chi connectivity index (χ3n) is 4.15. The van der Waals surface area contributed by atoms with Crippen molar-refractivity contribution >= 4 is 5.69 Å². The van der Waals surface area contributed by atoms with Crippen LogP contribution in [0.15, 0.2) is 24.3 Å². The highest BCUT2D eigenvalue weighted by atomic mass is 15.4. The summed E-state index contributed by atoms with van der Waals surface area (Å²) in [6.07, 6.45) is 4.18. The molecule has 1 nitrogen and oxygen atoms in total. The van der Waals surface area contributed by atoms with Crippen LogP contribution >= 0.6 is 0 Å². The molecule has 1 aliphatic heterocycles. The molecule has 0 amide bonds. The summed E-state index contributed by atoms with van der Waals surface area (Å²) in [5.74, 6) is 0. The lowest BCUT2D eigenvalue weighted by Gasteiger charge is -2.44. The Balaban J connectivity index is 2.34. The first kappa shape index (κ1) is 11.7. The van der Waals surface area contributed by atoms with E-state index in [4.69, 9.17) is 0 Å². The molecule has 0 aromatic heterocycles. The zero-order valence-corrected chi connectivity index (χ0v) is 10.9. The van der Waals surface area contributed by atoms with E-state index in [9.17, 15) is 0 Å². The van der Waals surface area contributed by atoms with E-state index in [0.717, 1.165) is 0 Å². The number of likely N-dealkylation sites (tertiary alicyclic amines) is 1. The Morgan fingerprint density at radius 1 is 0.938 bits per heavy atom. The molecule has 2 rings (SSSR count). The average molecular weight is 218 g/mol. The molecular formula is C15H24N+. The van der Waals surface area contributed by atoms with Crippen LogP contribution in [-0.2, 0) is 0 Å². The Kier molecular flexibility index (Phi) is 3.34. The molecule has 1 fully saturated rings. The first-order valence-corrected chi connectivity index (χ1v) is 6.59. The smallest absolute Gasteiger partial charge is 0.133 e. The van der Waals surface area contributed by atoms with Crippen molar-refractivity contribution in [1.82, 2.24) is 4.48 Å². The minimum absolute atomic E-state index is 0.697. The van der Waals surface area contributed by atoms with E-state index in [2.05, 4.69) is 45.0 Å². The van der Waals surface area contributed by atoms with Gasteiger partial charge in [0.15, 0.2) is 0 Å². The summed E-state index contributed by atoms with van der Waals surface area (Å²) in [4.78, 5) is 0. The van der Waals surface area contributed by atoms with E-state index < -0.39 is 0 Å². The molecule has 88 valence electrons. The van der Waals surface area contributed by atoms with Crippen LogP contribution in [0.1, 0.15) is 38.7 Å². The lowest BCUT2D eigenvalue weighted by atomic mass is 10.0. The van der Waals surface area contributed by atoms with Crippen molar-refractivity contribution in [3.05, 3.63) is 29.8 Å². The molecule has 0 N–H and O–H groups in total. The van der Waals surface area contributed by atoms with Crippen molar-refractivity contribution in [2.24, 2.45) is 0 Å². The molecule has 0 atom stereocenters. The molecular weight excluding hydrogens is 194 g/mol. The molecule has 0 aliphatic carbocycles. The van der Waals surface area contributed by atoms with Crippen LogP contribution in [0.4, 0.5) is 5.69 Å². The molecule has 1 saturated heterocycles. The van der Waals surface area contributed by atoms with E-state index in [1.807, 2.05) is 0 Å². The van der Waals surface area contributed by atoms with Crippen molar-refractivity contribution in [3.63, 3.8) is 0 Å². The summed E-state index contributed by atoms with van der Waals surface area (Å²) in [5.41, 5.74) is 2.88. The molecule has 1 aromatic carbocycles. The molecule has 0 radical (unpaired) electrons. The average Bonchev–Trinajstić information content (AvgIpc) is 2.30. The van der Waals surface area contributed by atoms with Crippen molar-refractivity contribution in [3.8, 4) is 0 Å². The van der Waals surface area contributed by atoms with E-state index in [1.165, 1.54) is 48.1 Å². The first-order valence-electron chi connectivity index (χ1n) is 6.59. The maximum absolute atomic E-state index is 2.37. The Bertz CT molecular complexity index is 331. The molecule has 0 bridgehead atoms. The lowest BCUT2D eigenvalue weighted by Crippen LogP contribution is -2.57. The van der Waals surface area contributed by atoms with Gasteiger partial charge < -0.3 is 0 Å². The maximum Gasteiger partial charge on any atom is 0.133 e. The van der Waals surface area contributed by atoms with Crippen LogP contribution in [0.3, 0.4) is 0 Å². The van der Waals surface area contributed by atoms with E-state index in [0.29, 0.717) is 6.04 Å². The molecule has 0 saturated carbocycles. The topological polar surface area (TPSA) is 0 Å². The second kappa shape index (κ2) is 4.58. The van der Waals surface area contributed by atoms with Crippen molar-refractivity contribution in [2.45, 2.75) is 46.1 Å². The first-order chi connectivity index (χ1) is 7.65. The second-order valence-electron chi connectivity index (χ2n) is 5.47. The number of rotatable bonds is 2. The fourth-order valence-electron chi connectivity index (χ4n) is 2.99. The molecule has 1 aromatic rings. The Morgan fingerprint density at radius 3 is 2.00 bits per heavy atom. The standard InChI is InChI=1S/C15H24N/c1-13(2)16(11-5-4-6-12-16)15-9-7-14(3)8-10-15/h7-10,13H,4-6,11-12H2,1-3H3/q+1. The number of hydrogen-bond donors (Lipinski definition) is 0. The van der Waals surface area contributed by atoms with Gasteiger partial charge in [0.1, 0.15) is 5.69 Å². The SMILES string of the molecule is Cc1ccc([N+]2(C(C)C)CCCCC2)cc1. The number of nitrogens with zero attached hydrogens (tertiary/aromatic N) is 1. The van der Waals surface area contributed by atoms with Gasteiger partial charge in [0.25, 0.3) is 0 Å². The van der Waals surface area contributed by atoms with Gasteiger partial charge in [-0.15, -0.1) is 0 Å². The van der Waals surface area contributed by atoms with Crippen LogP contribution in [0, 0.1) is 6.92 Å². The van der Waals surface area contributed by atoms with Gasteiger partial charge in [0, 0.05) is 0 Å². The van der Waals surface area contributed by atoms with Crippen LogP contribution in [0.25, 0.3) is 0 Å². The highest BCUT2D eigenvalue weighted by Crippen LogP contribution is 2.31. The summed E-state index contributed by atoms with van der Waals surface area (Å²) in [7, 11) is 0. The number of piperidine rings is 1. The third kappa shape index (κ3) is 2.01. The molecule has 1 heterocycles. The molecule has 16 heavy (non-hydrogen) atoms. The van der Waals surface area contributed by atoms with E-state index in [-0.39, 0.29) is 0 Å². The predicted molar refractivity (Wildman–Crippen MR) is 71.7 cm³/mol. The summed E-state index contributed by atoms with van der Waals surface area (Å²) in [5, 5.41) is 0. The van der Waals surface area contributed by atoms with Gasteiger partial charge in [0.2, 0.25) is 0 Å². The zero-order valence-electron chi connectivity index (χ0n) is 10.9. The highest BCUT2D eigenvalue weighted by Gasteiger charge is 2.35. The van der Waals surface area contributed by atoms with Gasteiger partial charge in [-0.3, -0.25) is 4.48 Å². The maximum atomic E-state index is 2.37. The number of quaternary nitrogens is 1. The van der Waals surface area contributed by atoms with Gasteiger partial charge in [-0.1, -0.05) is 17.7 Å². The molecule has 0 spiro atoms. The summed E-state index contributed by atoms with van der Waals surface area (Å²) in [6.45, 7) is 9.54. The van der Waals surface area contributed by atoms with E-state index >= 15 is 0 Å². The molecule has 0 unspecified atom stereocenters.